The molecular weight excluding hydrogens is 186 g/mol. The van der Waals surface area contributed by atoms with Crippen LogP contribution in [0.5, 0.6) is 0 Å². The lowest BCUT2D eigenvalue weighted by molar-refractivity contribution is 0.0261. The van der Waals surface area contributed by atoms with Gasteiger partial charge in [0, 0.05) is 6.54 Å². The number of aliphatic hydroxyl groups excluding tert-OH is 2. The lowest BCUT2D eigenvalue weighted by Gasteiger charge is -2.30. The van der Waals surface area contributed by atoms with Gasteiger partial charge in [-0.15, -0.1) is 0 Å². The van der Waals surface area contributed by atoms with Crippen molar-refractivity contribution in [3.8, 4) is 0 Å². The number of carboxylic acid groups (broad SMARTS) is 1. The van der Waals surface area contributed by atoms with Crippen LogP contribution in [0.4, 0.5) is 4.79 Å². The summed E-state index contributed by atoms with van der Waals surface area (Å²) in [6, 6.07) is 0. The zero-order valence-corrected chi connectivity index (χ0v) is 8.90. The highest BCUT2D eigenvalue weighted by Crippen LogP contribution is 2.19. The van der Waals surface area contributed by atoms with E-state index in [9.17, 15) is 9.90 Å². The number of hydrogen-bond acceptors (Lipinski definition) is 3. The molecule has 1 atom stereocenters. The number of hydrogen-bond donors (Lipinski definition) is 3. The first-order chi connectivity index (χ1) is 6.29. The molecule has 0 aliphatic carbocycles. The molecule has 5 heteroatoms. The highest BCUT2D eigenvalue weighted by molar-refractivity contribution is 5.64. The zero-order chi connectivity index (χ0) is 11.4. The number of carbonyl (C=O) groups is 1. The van der Waals surface area contributed by atoms with E-state index in [1.165, 1.54) is 0 Å². The lowest BCUT2D eigenvalue weighted by Crippen LogP contribution is -2.43. The minimum absolute atomic E-state index is 0.0272. The number of amides is 1. The maximum atomic E-state index is 10.7. The summed E-state index contributed by atoms with van der Waals surface area (Å²) in [5.74, 6) is 0. The van der Waals surface area contributed by atoms with Crippen LogP contribution in [0.25, 0.3) is 0 Å². The number of aliphatic hydroxyl groups is 2. The Balaban J connectivity index is 4.23. The third-order valence-electron chi connectivity index (χ3n) is 2.03. The Bertz CT molecular complexity index is 188. The molecule has 0 aliphatic rings. The van der Waals surface area contributed by atoms with E-state index in [0.717, 1.165) is 4.90 Å². The predicted molar refractivity (Wildman–Crippen MR) is 52.1 cm³/mol. The SMILES string of the molecule is CC(C)(C)C(O)CN(CCO)C(=O)O. The topological polar surface area (TPSA) is 81.0 Å². The van der Waals surface area contributed by atoms with Crippen molar-refractivity contribution < 1.29 is 20.1 Å². The Morgan fingerprint density at radius 1 is 1.43 bits per heavy atom. The van der Waals surface area contributed by atoms with E-state index in [0.29, 0.717) is 0 Å². The van der Waals surface area contributed by atoms with Gasteiger partial charge in [0.1, 0.15) is 0 Å². The number of rotatable bonds is 4. The zero-order valence-electron chi connectivity index (χ0n) is 8.90. The lowest BCUT2D eigenvalue weighted by atomic mass is 9.89. The van der Waals surface area contributed by atoms with E-state index >= 15 is 0 Å². The molecule has 0 radical (unpaired) electrons. The fourth-order valence-electron chi connectivity index (χ4n) is 0.868. The highest BCUT2D eigenvalue weighted by atomic mass is 16.4. The molecule has 0 bridgehead atoms. The maximum absolute atomic E-state index is 10.7. The summed E-state index contributed by atoms with van der Waals surface area (Å²) in [5.41, 5.74) is -0.358. The molecule has 0 heterocycles. The molecule has 0 aromatic carbocycles. The van der Waals surface area contributed by atoms with Crippen LogP contribution in [-0.2, 0) is 0 Å². The summed E-state index contributed by atoms with van der Waals surface area (Å²) in [7, 11) is 0. The molecule has 0 aliphatic heterocycles. The summed E-state index contributed by atoms with van der Waals surface area (Å²) in [5, 5.41) is 27.0. The summed E-state index contributed by atoms with van der Waals surface area (Å²) in [4.78, 5) is 11.7. The smallest absolute Gasteiger partial charge is 0.407 e. The molecule has 0 rings (SSSR count). The van der Waals surface area contributed by atoms with Crippen molar-refractivity contribution in [2.24, 2.45) is 5.41 Å². The Hall–Kier alpha value is -0.810. The predicted octanol–water partition coefficient (Wildman–Crippen LogP) is 0.366. The van der Waals surface area contributed by atoms with E-state index in [4.69, 9.17) is 10.2 Å². The van der Waals surface area contributed by atoms with Crippen molar-refractivity contribution in [1.82, 2.24) is 4.90 Å². The van der Waals surface area contributed by atoms with Crippen LogP contribution < -0.4 is 0 Å². The van der Waals surface area contributed by atoms with Crippen LogP contribution in [-0.4, -0.2) is 52.1 Å². The normalized spacial score (nSPS) is 13.8. The second-order valence-electron chi connectivity index (χ2n) is 4.33. The molecule has 0 fully saturated rings. The van der Waals surface area contributed by atoms with Crippen LogP contribution >= 0.6 is 0 Å². The molecule has 5 nitrogen and oxygen atoms in total. The largest absolute Gasteiger partial charge is 0.465 e. The third kappa shape index (κ3) is 4.43. The van der Waals surface area contributed by atoms with Crippen LogP contribution in [0.2, 0.25) is 0 Å². The van der Waals surface area contributed by atoms with Crippen molar-refractivity contribution >= 4 is 6.09 Å². The quantitative estimate of drug-likeness (QED) is 0.619. The van der Waals surface area contributed by atoms with Crippen molar-refractivity contribution in [3.63, 3.8) is 0 Å². The monoisotopic (exact) mass is 205 g/mol. The van der Waals surface area contributed by atoms with Gasteiger partial charge in [-0.2, -0.15) is 0 Å². The molecule has 84 valence electrons. The van der Waals surface area contributed by atoms with Gasteiger partial charge in [-0.3, -0.25) is 0 Å². The average molecular weight is 205 g/mol. The molecule has 1 amide bonds. The molecule has 0 spiro atoms. The molecule has 0 saturated carbocycles. The second-order valence-corrected chi connectivity index (χ2v) is 4.33. The molecule has 0 aromatic rings. The van der Waals surface area contributed by atoms with Crippen molar-refractivity contribution in [3.05, 3.63) is 0 Å². The van der Waals surface area contributed by atoms with Crippen LogP contribution in [0.3, 0.4) is 0 Å². The number of nitrogens with zero attached hydrogens (tertiary/aromatic N) is 1. The van der Waals surface area contributed by atoms with Gasteiger partial charge >= 0.3 is 6.09 Å². The van der Waals surface area contributed by atoms with E-state index in [1.807, 2.05) is 20.8 Å². The third-order valence-corrected chi connectivity index (χ3v) is 2.03. The fraction of sp³-hybridized carbons (Fsp3) is 0.889. The molecule has 1 unspecified atom stereocenters. The Morgan fingerprint density at radius 2 is 1.93 bits per heavy atom. The summed E-state index contributed by atoms with van der Waals surface area (Å²) < 4.78 is 0. The van der Waals surface area contributed by atoms with Crippen molar-refractivity contribution in [1.29, 1.82) is 0 Å². The highest BCUT2D eigenvalue weighted by Gasteiger charge is 2.26. The molecule has 3 N–H and O–H groups in total. The van der Waals surface area contributed by atoms with Gasteiger partial charge in [-0.1, -0.05) is 20.8 Å². The van der Waals surface area contributed by atoms with E-state index in [2.05, 4.69) is 0 Å². The van der Waals surface area contributed by atoms with E-state index in [1.54, 1.807) is 0 Å². The molecule has 14 heavy (non-hydrogen) atoms. The first-order valence-corrected chi connectivity index (χ1v) is 4.56. The van der Waals surface area contributed by atoms with Crippen LogP contribution in [0.1, 0.15) is 20.8 Å². The van der Waals surface area contributed by atoms with E-state index in [-0.39, 0.29) is 25.1 Å². The van der Waals surface area contributed by atoms with Gasteiger partial charge in [0.2, 0.25) is 0 Å². The first kappa shape index (κ1) is 13.2. The summed E-state index contributed by atoms with van der Waals surface area (Å²) in [6.07, 6.45) is -1.85. The van der Waals surface area contributed by atoms with Crippen molar-refractivity contribution in [2.75, 3.05) is 19.7 Å². The van der Waals surface area contributed by atoms with Gasteiger partial charge in [0.15, 0.2) is 0 Å². The van der Waals surface area contributed by atoms with Gasteiger partial charge in [0.05, 0.1) is 19.3 Å². The van der Waals surface area contributed by atoms with Gasteiger partial charge in [-0.05, 0) is 5.41 Å². The van der Waals surface area contributed by atoms with Crippen LogP contribution in [0, 0.1) is 5.41 Å². The summed E-state index contributed by atoms with van der Waals surface area (Å²) in [6.45, 7) is 5.31. The Kier molecular flexibility index (Phi) is 4.87. The average Bonchev–Trinajstić information content (AvgIpc) is 2.01. The van der Waals surface area contributed by atoms with E-state index < -0.39 is 12.2 Å². The molecule has 0 saturated heterocycles. The van der Waals surface area contributed by atoms with Gasteiger partial charge < -0.3 is 20.2 Å². The molecular formula is C9H19NO4. The molecule has 0 aromatic heterocycles. The fourth-order valence-corrected chi connectivity index (χ4v) is 0.868. The Morgan fingerprint density at radius 3 is 2.21 bits per heavy atom. The minimum atomic E-state index is -1.12. The standard InChI is InChI=1S/C9H19NO4/c1-9(2,3)7(12)6-10(4-5-11)8(13)14/h7,11-12H,4-6H2,1-3H3,(H,13,14). The Labute approximate surface area is 84.0 Å². The first-order valence-electron chi connectivity index (χ1n) is 4.56. The maximum Gasteiger partial charge on any atom is 0.407 e. The second kappa shape index (κ2) is 5.17. The minimum Gasteiger partial charge on any atom is -0.465 e. The van der Waals surface area contributed by atoms with Gasteiger partial charge in [-0.25, -0.2) is 4.79 Å². The van der Waals surface area contributed by atoms with Crippen molar-refractivity contribution in [2.45, 2.75) is 26.9 Å². The summed E-state index contributed by atoms with van der Waals surface area (Å²) >= 11 is 0. The van der Waals surface area contributed by atoms with Crippen LogP contribution in [0.15, 0.2) is 0 Å². The van der Waals surface area contributed by atoms with Gasteiger partial charge in [0.25, 0.3) is 0 Å².